The molecular formula is C12H14O4. The van der Waals surface area contributed by atoms with Gasteiger partial charge in [-0.05, 0) is 31.0 Å². The van der Waals surface area contributed by atoms with Crippen LogP contribution in [-0.4, -0.2) is 30.4 Å². The largest absolute Gasteiger partial charge is 0.508 e. The number of hydrogen-bond acceptors (Lipinski definition) is 4. The Morgan fingerprint density at radius 1 is 1.56 bits per heavy atom. The summed E-state index contributed by atoms with van der Waals surface area (Å²) in [5.41, 5.74) is 0.359. The van der Waals surface area contributed by atoms with E-state index in [4.69, 9.17) is 9.47 Å². The van der Waals surface area contributed by atoms with Gasteiger partial charge in [0.25, 0.3) is 0 Å². The Bertz CT molecular complexity index is 369. The molecule has 0 amide bonds. The molecule has 1 atom stereocenters. The zero-order valence-electron chi connectivity index (χ0n) is 8.89. The van der Waals surface area contributed by atoms with Crippen molar-refractivity contribution >= 4 is 5.97 Å². The molecule has 86 valence electrons. The molecule has 0 bridgehead atoms. The van der Waals surface area contributed by atoms with Gasteiger partial charge in [-0.2, -0.15) is 0 Å². The first-order chi connectivity index (χ1) is 7.75. The minimum Gasteiger partial charge on any atom is -0.508 e. The number of carbonyl (C=O) groups excluding carboxylic acids is 1. The molecular weight excluding hydrogens is 208 g/mol. The number of carbonyl (C=O) groups is 1. The number of phenols is 1. The van der Waals surface area contributed by atoms with E-state index in [2.05, 4.69) is 0 Å². The summed E-state index contributed by atoms with van der Waals surface area (Å²) in [7, 11) is 0. The quantitative estimate of drug-likeness (QED) is 0.791. The maximum Gasteiger partial charge on any atom is 0.338 e. The standard InChI is InChI=1S/C12H14O4/c13-10-4-1-3-9(7-10)12(14)16-8-11-5-2-6-15-11/h1,3-4,7,11,13H,2,5-6,8H2. The van der Waals surface area contributed by atoms with Crippen LogP contribution < -0.4 is 0 Å². The fourth-order valence-corrected chi connectivity index (χ4v) is 1.66. The van der Waals surface area contributed by atoms with Crippen molar-refractivity contribution in [3.05, 3.63) is 29.8 Å². The first kappa shape index (κ1) is 11.0. The van der Waals surface area contributed by atoms with Crippen LogP contribution in [0.3, 0.4) is 0 Å². The molecule has 1 N–H and O–H groups in total. The Hall–Kier alpha value is -1.55. The van der Waals surface area contributed by atoms with Crippen LogP contribution in [0.2, 0.25) is 0 Å². The lowest BCUT2D eigenvalue weighted by Gasteiger charge is -2.10. The molecule has 4 heteroatoms. The van der Waals surface area contributed by atoms with E-state index in [-0.39, 0.29) is 18.5 Å². The highest BCUT2D eigenvalue weighted by atomic mass is 16.6. The average Bonchev–Trinajstić information content (AvgIpc) is 2.78. The second-order valence-corrected chi connectivity index (χ2v) is 3.78. The molecule has 2 rings (SSSR count). The number of phenolic OH excluding ortho intramolecular Hbond substituents is 1. The molecule has 1 heterocycles. The summed E-state index contributed by atoms with van der Waals surface area (Å²) in [5, 5.41) is 9.21. The first-order valence-electron chi connectivity index (χ1n) is 5.33. The van der Waals surface area contributed by atoms with Crippen LogP contribution in [0.4, 0.5) is 0 Å². The van der Waals surface area contributed by atoms with E-state index in [1.807, 2.05) is 0 Å². The van der Waals surface area contributed by atoms with Gasteiger partial charge in [-0.15, -0.1) is 0 Å². The highest BCUT2D eigenvalue weighted by Crippen LogP contribution is 2.15. The minimum absolute atomic E-state index is 0.0289. The Morgan fingerprint density at radius 3 is 3.12 bits per heavy atom. The Balaban J connectivity index is 1.87. The number of rotatable bonds is 3. The molecule has 1 fully saturated rings. The molecule has 0 saturated carbocycles. The first-order valence-corrected chi connectivity index (χ1v) is 5.33. The third-order valence-corrected chi connectivity index (χ3v) is 2.51. The van der Waals surface area contributed by atoms with Crippen molar-refractivity contribution in [3.8, 4) is 5.75 Å². The highest BCUT2D eigenvalue weighted by Gasteiger charge is 2.18. The van der Waals surface area contributed by atoms with E-state index in [0.29, 0.717) is 5.56 Å². The van der Waals surface area contributed by atoms with Crippen LogP contribution >= 0.6 is 0 Å². The minimum atomic E-state index is -0.425. The van der Waals surface area contributed by atoms with Crippen LogP contribution in [0.1, 0.15) is 23.2 Å². The lowest BCUT2D eigenvalue weighted by atomic mass is 10.2. The maximum absolute atomic E-state index is 11.6. The lowest BCUT2D eigenvalue weighted by Crippen LogP contribution is -2.17. The van der Waals surface area contributed by atoms with Gasteiger partial charge in [0.15, 0.2) is 0 Å². The van der Waals surface area contributed by atoms with E-state index >= 15 is 0 Å². The monoisotopic (exact) mass is 222 g/mol. The van der Waals surface area contributed by atoms with Crippen molar-refractivity contribution in [1.82, 2.24) is 0 Å². The van der Waals surface area contributed by atoms with E-state index in [0.717, 1.165) is 19.4 Å². The molecule has 1 aromatic rings. The fraction of sp³-hybridized carbons (Fsp3) is 0.417. The van der Waals surface area contributed by atoms with E-state index in [9.17, 15) is 9.90 Å². The third kappa shape index (κ3) is 2.73. The Labute approximate surface area is 93.8 Å². The normalized spacial score (nSPS) is 19.6. The van der Waals surface area contributed by atoms with Crippen molar-refractivity contribution < 1.29 is 19.4 Å². The van der Waals surface area contributed by atoms with Gasteiger partial charge in [0.1, 0.15) is 12.4 Å². The van der Waals surface area contributed by atoms with E-state index in [1.54, 1.807) is 12.1 Å². The topological polar surface area (TPSA) is 55.8 Å². The summed E-state index contributed by atoms with van der Waals surface area (Å²) in [5.74, 6) is -0.363. The van der Waals surface area contributed by atoms with Gasteiger partial charge in [-0.3, -0.25) is 0 Å². The van der Waals surface area contributed by atoms with Gasteiger partial charge in [-0.25, -0.2) is 4.79 Å². The highest BCUT2D eigenvalue weighted by molar-refractivity contribution is 5.89. The van der Waals surface area contributed by atoms with Gasteiger partial charge in [0, 0.05) is 6.61 Å². The number of hydrogen-bond donors (Lipinski definition) is 1. The molecule has 1 aromatic carbocycles. The average molecular weight is 222 g/mol. The van der Waals surface area contributed by atoms with Crippen molar-refractivity contribution in [2.45, 2.75) is 18.9 Å². The van der Waals surface area contributed by atoms with Crippen LogP contribution in [-0.2, 0) is 9.47 Å². The lowest BCUT2D eigenvalue weighted by molar-refractivity contribution is 0.0161. The summed E-state index contributed by atoms with van der Waals surface area (Å²) in [4.78, 5) is 11.6. The predicted molar refractivity (Wildman–Crippen MR) is 57.4 cm³/mol. The number of ether oxygens (including phenoxy) is 2. The second-order valence-electron chi connectivity index (χ2n) is 3.78. The number of benzene rings is 1. The molecule has 0 aromatic heterocycles. The molecule has 1 aliphatic heterocycles. The van der Waals surface area contributed by atoms with Crippen LogP contribution in [0.5, 0.6) is 5.75 Å². The zero-order chi connectivity index (χ0) is 11.4. The SMILES string of the molecule is O=C(OCC1CCCO1)c1cccc(O)c1. The van der Waals surface area contributed by atoms with Gasteiger partial charge in [0.2, 0.25) is 0 Å². The molecule has 1 aliphatic rings. The Morgan fingerprint density at radius 2 is 2.44 bits per heavy atom. The van der Waals surface area contributed by atoms with Gasteiger partial charge < -0.3 is 14.6 Å². The van der Waals surface area contributed by atoms with Crippen molar-refractivity contribution in [3.63, 3.8) is 0 Å². The van der Waals surface area contributed by atoms with Crippen molar-refractivity contribution in [2.24, 2.45) is 0 Å². The van der Waals surface area contributed by atoms with Crippen LogP contribution in [0.15, 0.2) is 24.3 Å². The molecule has 1 unspecified atom stereocenters. The molecule has 0 spiro atoms. The predicted octanol–water partition coefficient (Wildman–Crippen LogP) is 1.73. The smallest absolute Gasteiger partial charge is 0.338 e. The van der Waals surface area contributed by atoms with Gasteiger partial charge >= 0.3 is 5.97 Å². The van der Waals surface area contributed by atoms with Crippen LogP contribution in [0, 0.1) is 0 Å². The van der Waals surface area contributed by atoms with Crippen LogP contribution in [0.25, 0.3) is 0 Å². The summed E-state index contributed by atoms with van der Waals surface area (Å²) < 4.78 is 10.4. The van der Waals surface area contributed by atoms with Crippen molar-refractivity contribution in [2.75, 3.05) is 13.2 Å². The summed E-state index contributed by atoms with van der Waals surface area (Å²) >= 11 is 0. The molecule has 16 heavy (non-hydrogen) atoms. The maximum atomic E-state index is 11.6. The molecule has 0 radical (unpaired) electrons. The molecule has 4 nitrogen and oxygen atoms in total. The number of aromatic hydroxyl groups is 1. The summed E-state index contributed by atoms with van der Waals surface area (Å²) in [6.07, 6.45) is 1.99. The molecule has 1 saturated heterocycles. The zero-order valence-corrected chi connectivity index (χ0v) is 8.89. The third-order valence-electron chi connectivity index (χ3n) is 2.51. The van der Waals surface area contributed by atoms with Gasteiger partial charge in [0.05, 0.1) is 11.7 Å². The number of esters is 1. The fourth-order valence-electron chi connectivity index (χ4n) is 1.66. The molecule has 0 aliphatic carbocycles. The Kier molecular flexibility index (Phi) is 3.41. The van der Waals surface area contributed by atoms with Gasteiger partial charge in [-0.1, -0.05) is 6.07 Å². The second kappa shape index (κ2) is 4.99. The van der Waals surface area contributed by atoms with E-state index < -0.39 is 5.97 Å². The summed E-state index contributed by atoms with van der Waals surface area (Å²) in [6.45, 7) is 1.03. The summed E-state index contributed by atoms with van der Waals surface area (Å²) in [6, 6.07) is 6.12. The van der Waals surface area contributed by atoms with E-state index in [1.165, 1.54) is 12.1 Å². The van der Waals surface area contributed by atoms with Crippen molar-refractivity contribution in [1.29, 1.82) is 0 Å².